The molecule has 1 aliphatic heterocycles. The van der Waals surface area contributed by atoms with Gasteiger partial charge in [-0.1, -0.05) is 0 Å². The van der Waals surface area contributed by atoms with Gasteiger partial charge in [0.05, 0.1) is 4.90 Å². The zero-order chi connectivity index (χ0) is 17.2. The third kappa shape index (κ3) is 4.69. The molecular weight excluding hydrogens is 350 g/mol. The number of hydrogen-bond donors (Lipinski definition) is 2. The number of piperidine rings is 1. The van der Waals surface area contributed by atoms with Crippen LogP contribution in [-0.4, -0.2) is 45.9 Å². The summed E-state index contributed by atoms with van der Waals surface area (Å²) in [5.41, 5.74) is 1.74. The maximum Gasteiger partial charge on any atom is 0.253 e. The fourth-order valence-corrected chi connectivity index (χ4v) is 3.94. The first-order valence-electron chi connectivity index (χ1n) is 7.82. The number of halogens is 1. The van der Waals surface area contributed by atoms with Crippen molar-refractivity contribution in [3.63, 3.8) is 0 Å². The van der Waals surface area contributed by atoms with E-state index in [1.54, 1.807) is 24.8 Å². The number of aryl methyl sites for hydroxylation is 1. The third-order valence-corrected chi connectivity index (χ3v) is 5.60. The van der Waals surface area contributed by atoms with E-state index >= 15 is 0 Å². The maximum atomic E-state index is 12.7. The topological polar surface area (TPSA) is 92.5 Å². The van der Waals surface area contributed by atoms with Gasteiger partial charge in [-0.15, -0.1) is 12.4 Å². The number of nitrogens with two attached hydrogens (primary N) is 1. The Bertz CT molecular complexity index is 699. The monoisotopic (exact) mass is 375 g/mol. The number of rotatable bonds is 4. The number of amides is 1. The SMILES string of the molecule is CNCC1CCN(C(=O)c2cc(C)c(C)c(S(N)(=O)=O)c2)CC1.Cl. The van der Waals surface area contributed by atoms with Crippen molar-refractivity contribution < 1.29 is 13.2 Å². The number of nitrogens with one attached hydrogen (secondary N) is 1. The first kappa shape index (κ1) is 20.9. The van der Waals surface area contributed by atoms with E-state index in [1.165, 1.54) is 6.07 Å². The zero-order valence-electron chi connectivity index (χ0n) is 14.3. The second kappa shape index (κ2) is 8.29. The Morgan fingerprint density at radius 1 is 1.29 bits per heavy atom. The first-order valence-corrected chi connectivity index (χ1v) is 9.36. The lowest BCUT2D eigenvalue weighted by molar-refractivity contribution is 0.0690. The predicted octanol–water partition coefficient (Wildman–Crippen LogP) is 1.44. The smallest absolute Gasteiger partial charge is 0.253 e. The number of benzene rings is 1. The molecule has 0 unspecified atom stereocenters. The maximum absolute atomic E-state index is 12.7. The van der Waals surface area contributed by atoms with Gasteiger partial charge in [0.2, 0.25) is 10.0 Å². The Morgan fingerprint density at radius 2 is 1.88 bits per heavy atom. The summed E-state index contributed by atoms with van der Waals surface area (Å²) in [4.78, 5) is 14.5. The lowest BCUT2D eigenvalue weighted by Crippen LogP contribution is -2.40. The molecule has 3 N–H and O–H groups in total. The summed E-state index contributed by atoms with van der Waals surface area (Å²) < 4.78 is 23.4. The highest BCUT2D eigenvalue weighted by Crippen LogP contribution is 2.23. The number of carbonyl (C=O) groups is 1. The number of sulfonamides is 1. The number of primary sulfonamides is 1. The summed E-state index contributed by atoms with van der Waals surface area (Å²) in [6, 6.07) is 3.14. The van der Waals surface area contributed by atoms with Gasteiger partial charge in [-0.05, 0) is 69.5 Å². The molecule has 1 fully saturated rings. The van der Waals surface area contributed by atoms with Crippen LogP contribution in [0.2, 0.25) is 0 Å². The van der Waals surface area contributed by atoms with E-state index in [-0.39, 0.29) is 23.2 Å². The summed E-state index contributed by atoms with van der Waals surface area (Å²) >= 11 is 0. The van der Waals surface area contributed by atoms with Crippen molar-refractivity contribution in [3.05, 3.63) is 28.8 Å². The fourth-order valence-electron chi connectivity index (χ4n) is 3.06. The van der Waals surface area contributed by atoms with Gasteiger partial charge in [-0.25, -0.2) is 13.6 Å². The van der Waals surface area contributed by atoms with Gasteiger partial charge < -0.3 is 10.2 Å². The lowest BCUT2D eigenvalue weighted by atomic mass is 9.96. The number of carbonyl (C=O) groups excluding carboxylic acids is 1. The summed E-state index contributed by atoms with van der Waals surface area (Å²) in [5.74, 6) is 0.463. The minimum absolute atomic E-state index is 0. The predicted molar refractivity (Wildman–Crippen MR) is 97.1 cm³/mol. The van der Waals surface area contributed by atoms with E-state index in [2.05, 4.69) is 5.32 Å². The molecule has 1 saturated heterocycles. The van der Waals surface area contributed by atoms with Crippen LogP contribution in [0, 0.1) is 19.8 Å². The number of likely N-dealkylation sites (tertiary alicyclic amines) is 1. The van der Waals surface area contributed by atoms with Gasteiger partial charge >= 0.3 is 0 Å². The average molecular weight is 376 g/mol. The standard InChI is InChI=1S/C16H25N3O3S.ClH/c1-11-8-14(9-15(12(11)2)23(17,21)22)16(20)19-6-4-13(5-7-19)10-18-3;/h8-9,13,18H,4-7,10H2,1-3H3,(H2,17,21,22);1H. The van der Waals surface area contributed by atoms with Crippen molar-refractivity contribution in [2.75, 3.05) is 26.7 Å². The summed E-state index contributed by atoms with van der Waals surface area (Å²) in [5, 5.41) is 8.43. The number of nitrogens with zero attached hydrogens (tertiary/aromatic N) is 1. The van der Waals surface area contributed by atoms with Crippen LogP contribution in [0.5, 0.6) is 0 Å². The summed E-state index contributed by atoms with van der Waals surface area (Å²) in [6.07, 6.45) is 1.92. The minimum atomic E-state index is -3.84. The van der Waals surface area contributed by atoms with Crippen molar-refractivity contribution in [1.82, 2.24) is 10.2 Å². The Labute approximate surface area is 150 Å². The first-order chi connectivity index (χ1) is 10.7. The summed E-state index contributed by atoms with van der Waals surface area (Å²) in [7, 11) is -1.91. The van der Waals surface area contributed by atoms with Crippen LogP contribution in [-0.2, 0) is 10.0 Å². The van der Waals surface area contributed by atoms with Crippen LogP contribution < -0.4 is 10.5 Å². The van der Waals surface area contributed by atoms with Gasteiger partial charge in [0, 0.05) is 18.7 Å². The minimum Gasteiger partial charge on any atom is -0.339 e. The molecule has 1 heterocycles. The van der Waals surface area contributed by atoms with Crippen LogP contribution in [0.4, 0.5) is 0 Å². The Kier molecular flexibility index (Phi) is 7.22. The largest absolute Gasteiger partial charge is 0.339 e. The Morgan fingerprint density at radius 3 is 2.38 bits per heavy atom. The molecule has 8 heteroatoms. The molecule has 1 aliphatic rings. The molecule has 2 rings (SSSR count). The zero-order valence-corrected chi connectivity index (χ0v) is 16.0. The van der Waals surface area contributed by atoms with E-state index < -0.39 is 10.0 Å². The van der Waals surface area contributed by atoms with E-state index in [0.717, 1.165) is 24.9 Å². The second-order valence-electron chi connectivity index (χ2n) is 6.25. The van der Waals surface area contributed by atoms with Gasteiger partial charge in [-0.2, -0.15) is 0 Å². The molecule has 136 valence electrons. The van der Waals surface area contributed by atoms with Gasteiger partial charge in [-0.3, -0.25) is 4.79 Å². The molecule has 1 aromatic rings. The molecule has 1 amide bonds. The molecule has 0 bridgehead atoms. The van der Waals surface area contributed by atoms with Crippen molar-refractivity contribution in [3.8, 4) is 0 Å². The quantitative estimate of drug-likeness (QED) is 0.832. The van der Waals surface area contributed by atoms with Crippen LogP contribution in [0.3, 0.4) is 0 Å². The Balaban J connectivity index is 0.00000288. The molecule has 0 spiro atoms. The Hall–Kier alpha value is -1.15. The molecular formula is C16H26ClN3O3S. The normalized spacial score (nSPS) is 15.9. The van der Waals surface area contributed by atoms with Gasteiger partial charge in [0.15, 0.2) is 0 Å². The summed E-state index contributed by atoms with van der Waals surface area (Å²) in [6.45, 7) is 5.85. The van der Waals surface area contributed by atoms with Crippen molar-refractivity contribution in [1.29, 1.82) is 0 Å². The molecule has 0 radical (unpaired) electrons. The van der Waals surface area contributed by atoms with Crippen molar-refractivity contribution in [2.45, 2.75) is 31.6 Å². The molecule has 0 atom stereocenters. The van der Waals surface area contributed by atoms with Crippen molar-refractivity contribution in [2.24, 2.45) is 11.1 Å². The molecule has 0 aliphatic carbocycles. The fraction of sp³-hybridized carbons (Fsp3) is 0.562. The van der Waals surface area contributed by atoms with Gasteiger partial charge in [0.1, 0.15) is 0 Å². The van der Waals surface area contributed by atoms with E-state index in [0.29, 0.717) is 30.1 Å². The van der Waals surface area contributed by atoms with E-state index in [4.69, 9.17) is 5.14 Å². The molecule has 1 aromatic carbocycles. The lowest BCUT2D eigenvalue weighted by Gasteiger charge is -2.32. The van der Waals surface area contributed by atoms with Crippen LogP contribution in [0.25, 0.3) is 0 Å². The highest BCUT2D eigenvalue weighted by Gasteiger charge is 2.25. The van der Waals surface area contributed by atoms with Crippen LogP contribution >= 0.6 is 12.4 Å². The molecule has 0 saturated carbocycles. The van der Waals surface area contributed by atoms with Crippen LogP contribution in [0.1, 0.15) is 34.3 Å². The second-order valence-corrected chi connectivity index (χ2v) is 7.78. The average Bonchev–Trinajstić information content (AvgIpc) is 2.49. The molecule has 24 heavy (non-hydrogen) atoms. The number of hydrogen-bond acceptors (Lipinski definition) is 4. The van der Waals surface area contributed by atoms with Gasteiger partial charge in [0.25, 0.3) is 5.91 Å². The van der Waals surface area contributed by atoms with Crippen molar-refractivity contribution >= 4 is 28.3 Å². The van der Waals surface area contributed by atoms with Crippen LogP contribution in [0.15, 0.2) is 17.0 Å². The van der Waals surface area contributed by atoms with E-state index in [9.17, 15) is 13.2 Å². The molecule has 0 aromatic heterocycles. The third-order valence-electron chi connectivity index (χ3n) is 4.57. The highest BCUT2D eigenvalue weighted by molar-refractivity contribution is 7.89. The highest BCUT2D eigenvalue weighted by atomic mass is 35.5. The molecule has 6 nitrogen and oxygen atoms in total. The van der Waals surface area contributed by atoms with E-state index in [1.807, 2.05) is 7.05 Å².